The normalized spacial score (nSPS) is 19.2. The van der Waals surface area contributed by atoms with E-state index in [0.717, 1.165) is 25.9 Å². The van der Waals surface area contributed by atoms with Crippen LogP contribution in [-0.4, -0.2) is 49.7 Å². The molecule has 1 aliphatic rings. The summed E-state index contributed by atoms with van der Waals surface area (Å²) < 4.78 is 5.78. The van der Waals surface area contributed by atoms with Crippen molar-refractivity contribution < 1.29 is 9.53 Å². The summed E-state index contributed by atoms with van der Waals surface area (Å²) in [7, 11) is 1.89. The predicted octanol–water partition coefficient (Wildman–Crippen LogP) is 2.04. The van der Waals surface area contributed by atoms with Gasteiger partial charge in [-0.25, -0.2) is 0 Å². The Kier molecular flexibility index (Phi) is 6.27. The van der Waals surface area contributed by atoms with Crippen molar-refractivity contribution in [2.75, 3.05) is 26.7 Å². The van der Waals surface area contributed by atoms with Crippen molar-refractivity contribution in [1.29, 1.82) is 0 Å². The van der Waals surface area contributed by atoms with Crippen LogP contribution in [0.15, 0.2) is 0 Å². The minimum Gasteiger partial charge on any atom is -0.378 e. The third kappa shape index (κ3) is 5.49. The monoisotopic (exact) mass is 270 g/mol. The maximum Gasteiger partial charge on any atom is 0.224 e. The third-order valence-corrected chi connectivity index (χ3v) is 4.18. The first-order valence-corrected chi connectivity index (χ1v) is 7.40. The predicted molar refractivity (Wildman–Crippen MR) is 78.1 cm³/mol. The van der Waals surface area contributed by atoms with Gasteiger partial charge in [0.2, 0.25) is 5.91 Å². The molecule has 1 saturated heterocycles. The second kappa shape index (κ2) is 7.25. The molecule has 1 heterocycles. The van der Waals surface area contributed by atoms with Crippen LogP contribution in [0.3, 0.4) is 0 Å². The van der Waals surface area contributed by atoms with Gasteiger partial charge >= 0.3 is 0 Å². The number of amides is 1. The lowest BCUT2D eigenvalue weighted by atomic mass is 9.87. The molecule has 0 bridgehead atoms. The standard InChI is InChI=1S/C15H30N2O2/c1-12(15(2,3)4)17(5)14(18)8-11-19-13-6-9-16-10-7-13/h12-13,16H,6-11H2,1-5H3. The first-order chi connectivity index (χ1) is 8.82. The van der Waals surface area contributed by atoms with E-state index in [9.17, 15) is 4.79 Å². The number of nitrogens with one attached hydrogen (secondary N) is 1. The zero-order valence-corrected chi connectivity index (χ0v) is 13.2. The largest absolute Gasteiger partial charge is 0.378 e. The summed E-state index contributed by atoms with van der Waals surface area (Å²) in [6.07, 6.45) is 2.94. The van der Waals surface area contributed by atoms with Gasteiger partial charge in [-0.15, -0.1) is 0 Å². The summed E-state index contributed by atoms with van der Waals surface area (Å²) in [5.74, 6) is 0.177. The lowest BCUT2D eigenvalue weighted by Crippen LogP contribution is -2.43. The van der Waals surface area contributed by atoms with Crippen LogP contribution in [0, 0.1) is 5.41 Å². The quantitative estimate of drug-likeness (QED) is 0.831. The zero-order valence-electron chi connectivity index (χ0n) is 13.2. The highest BCUT2D eigenvalue weighted by atomic mass is 16.5. The van der Waals surface area contributed by atoms with Crippen LogP contribution in [0.2, 0.25) is 0 Å². The van der Waals surface area contributed by atoms with E-state index in [0.29, 0.717) is 19.1 Å². The summed E-state index contributed by atoms with van der Waals surface area (Å²) in [6.45, 7) is 11.2. The highest BCUT2D eigenvalue weighted by molar-refractivity contribution is 5.76. The van der Waals surface area contributed by atoms with E-state index in [1.54, 1.807) is 0 Å². The van der Waals surface area contributed by atoms with Gasteiger partial charge < -0.3 is 15.0 Å². The van der Waals surface area contributed by atoms with Crippen molar-refractivity contribution in [1.82, 2.24) is 10.2 Å². The van der Waals surface area contributed by atoms with Gasteiger partial charge in [0.05, 0.1) is 19.1 Å². The van der Waals surface area contributed by atoms with Crippen LogP contribution >= 0.6 is 0 Å². The Morgan fingerprint density at radius 3 is 2.47 bits per heavy atom. The molecule has 1 atom stereocenters. The summed E-state index contributed by atoms with van der Waals surface area (Å²) in [4.78, 5) is 14.0. The van der Waals surface area contributed by atoms with Crippen molar-refractivity contribution in [3.8, 4) is 0 Å². The van der Waals surface area contributed by atoms with Crippen LogP contribution in [0.5, 0.6) is 0 Å². The Hall–Kier alpha value is -0.610. The fraction of sp³-hybridized carbons (Fsp3) is 0.933. The average Bonchev–Trinajstić information content (AvgIpc) is 2.37. The summed E-state index contributed by atoms with van der Waals surface area (Å²) in [6, 6.07) is 0.235. The zero-order chi connectivity index (χ0) is 14.5. The molecule has 0 radical (unpaired) electrons. The van der Waals surface area contributed by atoms with Crippen LogP contribution in [0.4, 0.5) is 0 Å². The van der Waals surface area contributed by atoms with Crippen LogP contribution < -0.4 is 5.32 Å². The molecule has 0 aromatic rings. The molecule has 4 heteroatoms. The van der Waals surface area contributed by atoms with Crippen LogP contribution in [0.1, 0.15) is 47.0 Å². The van der Waals surface area contributed by atoms with Gasteiger partial charge in [-0.3, -0.25) is 4.79 Å². The average molecular weight is 270 g/mol. The molecular formula is C15H30N2O2. The van der Waals surface area contributed by atoms with Crippen molar-refractivity contribution in [3.63, 3.8) is 0 Å². The maximum absolute atomic E-state index is 12.1. The van der Waals surface area contributed by atoms with Crippen molar-refractivity contribution in [2.45, 2.75) is 59.1 Å². The topological polar surface area (TPSA) is 41.6 Å². The molecule has 0 aromatic heterocycles. The molecule has 4 nitrogen and oxygen atoms in total. The van der Waals surface area contributed by atoms with Crippen LogP contribution in [0.25, 0.3) is 0 Å². The Balaban J connectivity index is 2.26. The van der Waals surface area contributed by atoms with E-state index in [1.807, 2.05) is 11.9 Å². The van der Waals surface area contributed by atoms with Gasteiger partial charge in [-0.1, -0.05) is 20.8 Å². The summed E-state index contributed by atoms with van der Waals surface area (Å²) >= 11 is 0. The first-order valence-electron chi connectivity index (χ1n) is 7.40. The van der Waals surface area contributed by atoms with E-state index in [4.69, 9.17) is 4.74 Å². The number of nitrogens with zero attached hydrogens (tertiary/aromatic N) is 1. The first kappa shape index (κ1) is 16.4. The molecule has 1 aliphatic heterocycles. The Morgan fingerprint density at radius 1 is 1.37 bits per heavy atom. The van der Waals surface area contributed by atoms with Crippen molar-refractivity contribution in [3.05, 3.63) is 0 Å². The number of ether oxygens (including phenoxy) is 1. The van der Waals surface area contributed by atoms with Gasteiger partial charge in [0, 0.05) is 13.1 Å². The Labute approximate surface area is 117 Å². The van der Waals surface area contributed by atoms with Crippen molar-refractivity contribution >= 4 is 5.91 Å². The molecule has 0 aliphatic carbocycles. The number of piperidine rings is 1. The molecule has 0 aromatic carbocycles. The van der Waals surface area contributed by atoms with Crippen molar-refractivity contribution in [2.24, 2.45) is 5.41 Å². The van der Waals surface area contributed by atoms with E-state index in [1.165, 1.54) is 0 Å². The molecule has 1 fully saturated rings. The van der Waals surface area contributed by atoms with Gasteiger partial charge in [0.1, 0.15) is 0 Å². The van der Waals surface area contributed by atoms with E-state index >= 15 is 0 Å². The smallest absolute Gasteiger partial charge is 0.224 e. The van der Waals surface area contributed by atoms with Gasteiger partial charge in [0.25, 0.3) is 0 Å². The lowest BCUT2D eigenvalue weighted by Gasteiger charge is -2.35. The SMILES string of the molecule is CC(N(C)C(=O)CCOC1CCNCC1)C(C)(C)C. The molecule has 0 spiro atoms. The van der Waals surface area contributed by atoms with Gasteiger partial charge in [-0.2, -0.15) is 0 Å². The number of carbonyl (C=O) groups is 1. The lowest BCUT2D eigenvalue weighted by molar-refractivity contribution is -0.135. The minimum absolute atomic E-state index is 0.111. The number of hydrogen-bond acceptors (Lipinski definition) is 3. The molecule has 1 amide bonds. The Morgan fingerprint density at radius 2 is 1.95 bits per heavy atom. The number of rotatable bonds is 5. The summed E-state index contributed by atoms with van der Waals surface area (Å²) in [5, 5.41) is 3.31. The molecule has 1 rings (SSSR count). The van der Waals surface area contributed by atoms with E-state index < -0.39 is 0 Å². The highest BCUT2D eigenvalue weighted by Crippen LogP contribution is 2.23. The molecule has 0 saturated carbocycles. The minimum atomic E-state index is 0.111. The van der Waals surface area contributed by atoms with Gasteiger partial charge in [0.15, 0.2) is 0 Å². The van der Waals surface area contributed by atoms with Gasteiger partial charge in [-0.05, 0) is 38.3 Å². The van der Waals surface area contributed by atoms with Crippen LogP contribution in [-0.2, 0) is 9.53 Å². The third-order valence-electron chi connectivity index (χ3n) is 4.18. The fourth-order valence-corrected chi connectivity index (χ4v) is 2.25. The number of carbonyl (C=O) groups excluding carboxylic acids is 1. The van der Waals surface area contributed by atoms with E-state index in [-0.39, 0.29) is 17.4 Å². The molecule has 112 valence electrons. The molecular weight excluding hydrogens is 240 g/mol. The Bertz CT molecular complexity index is 280. The molecule has 19 heavy (non-hydrogen) atoms. The second-order valence-corrected chi connectivity index (χ2v) is 6.62. The maximum atomic E-state index is 12.1. The van der Waals surface area contributed by atoms with E-state index in [2.05, 4.69) is 33.0 Å². The molecule has 1 unspecified atom stereocenters. The highest BCUT2D eigenvalue weighted by Gasteiger charge is 2.26. The molecule has 1 N–H and O–H groups in total. The number of hydrogen-bond donors (Lipinski definition) is 1. The fourth-order valence-electron chi connectivity index (χ4n) is 2.25. The summed E-state index contributed by atoms with van der Waals surface area (Å²) in [5.41, 5.74) is 0.111. The second-order valence-electron chi connectivity index (χ2n) is 6.62.